The molecule has 4 rings (SSSR count). The minimum absolute atomic E-state index is 0.239. The number of para-hydroxylation sites is 1. The van der Waals surface area contributed by atoms with Crippen molar-refractivity contribution in [3.63, 3.8) is 0 Å². The highest BCUT2D eigenvalue weighted by Crippen LogP contribution is 2.25. The van der Waals surface area contributed by atoms with Gasteiger partial charge in [0.2, 0.25) is 0 Å². The van der Waals surface area contributed by atoms with Crippen molar-refractivity contribution >= 4 is 11.6 Å². The Labute approximate surface area is 166 Å². The molecule has 4 aromatic rings. The number of nitrogens with zero attached hydrogens (tertiary/aromatic N) is 2. The van der Waals surface area contributed by atoms with Crippen LogP contribution in [0.25, 0.3) is 16.9 Å². The van der Waals surface area contributed by atoms with Crippen LogP contribution in [0, 0.1) is 6.92 Å². The molecule has 0 aliphatic heterocycles. The van der Waals surface area contributed by atoms with Gasteiger partial charge in [0, 0.05) is 6.07 Å². The fourth-order valence-corrected chi connectivity index (χ4v) is 3.08. The second kappa shape index (κ2) is 7.63. The zero-order chi connectivity index (χ0) is 20.4. The molecule has 2 aromatic heterocycles. The summed E-state index contributed by atoms with van der Waals surface area (Å²) in [6.45, 7) is 3.64. The number of hydrogen-bond donors (Lipinski definition) is 1. The average Bonchev–Trinajstić information content (AvgIpc) is 3.06. The van der Waals surface area contributed by atoms with Crippen LogP contribution in [0.5, 0.6) is 11.5 Å². The van der Waals surface area contributed by atoms with Gasteiger partial charge < -0.3 is 14.5 Å². The normalized spacial score (nSPS) is 10.8. The SMILES string of the molecule is CCOC(=O)c1c(C)nn2c(=O)cc(-c3ccc(Oc4ccccc4)cc3)[nH]c12. The first-order valence-corrected chi connectivity index (χ1v) is 9.20. The Morgan fingerprint density at radius 2 is 1.76 bits per heavy atom. The van der Waals surface area contributed by atoms with Crippen LogP contribution >= 0.6 is 0 Å². The Kier molecular flexibility index (Phi) is 4.87. The molecule has 0 radical (unpaired) electrons. The molecule has 7 heteroatoms. The van der Waals surface area contributed by atoms with E-state index in [1.807, 2.05) is 54.6 Å². The lowest BCUT2D eigenvalue weighted by molar-refractivity contribution is 0.0527. The van der Waals surface area contributed by atoms with Crippen LogP contribution in [-0.2, 0) is 4.74 Å². The van der Waals surface area contributed by atoms with E-state index >= 15 is 0 Å². The molecule has 0 saturated heterocycles. The number of H-pyrrole nitrogens is 1. The van der Waals surface area contributed by atoms with E-state index in [0.717, 1.165) is 11.3 Å². The molecule has 7 nitrogen and oxygen atoms in total. The van der Waals surface area contributed by atoms with Crippen molar-refractivity contribution in [2.45, 2.75) is 13.8 Å². The summed E-state index contributed by atoms with van der Waals surface area (Å²) in [6.07, 6.45) is 0. The number of aryl methyl sites for hydroxylation is 1. The van der Waals surface area contributed by atoms with E-state index < -0.39 is 5.97 Å². The Bertz CT molecular complexity index is 1220. The average molecular weight is 389 g/mol. The van der Waals surface area contributed by atoms with Crippen molar-refractivity contribution in [3.8, 4) is 22.8 Å². The van der Waals surface area contributed by atoms with Gasteiger partial charge in [0.05, 0.1) is 18.0 Å². The summed E-state index contributed by atoms with van der Waals surface area (Å²) in [6, 6.07) is 18.2. The molecule has 0 aliphatic rings. The Hall–Kier alpha value is -3.87. The molecule has 0 atom stereocenters. The van der Waals surface area contributed by atoms with E-state index in [-0.39, 0.29) is 17.7 Å². The highest BCUT2D eigenvalue weighted by molar-refractivity contribution is 5.97. The summed E-state index contributed by atoms with van der Waals surface area (Å²) in [5.41, 5.74) is 2.01. The molecule has 0 aliphatic carbocycles. The molecular weight excluding hydrogens is 370 g/mol. The number of benzene rings is 2. The number of carbonyl (C=O) groups is 1. The van der Waals surface area contributed by atoms with E-state index in [4.69, 9.17) is 9.47 Å². The maximum atomic E-state index is 12.5. The first-order chi connectivity index (χ1) is 14.1. The van der Waals surface area contributed by atoms with Crippen molar-refractivity contribution in [2.24, 2.45) is 0 Å². The van der Waals surface area contributed by atoms with Crippen molar-refractivity contribution < 1.29 is 14.3 Å². The summed E-state index contributed by atoms with van der Waals surface area (Å²) in [7, 11) is 0. The Morgan fingerprint density at radius 1 is 1.07 bits per heavy atom. The number of ether oxygens (including phenoxy) is 2. The summed E-state index contributed by atoms with van der Waals surface area (Å²) in [4.78, 5) is 28.0. The van der Waals surface area contributed by atoms with Crippen LogP contribution in [0.15, 0.2) is 65.5 Å². The second-order valence-corrected chi connectivity index (χ2v) is 6.40. The van der Waals surface area contributed by atoms with Gasteiger partial charge in [-0.1, -0.05) is 18.2 Å². The molecule has 0 bridgehead atoms. The van der Waals surface area contributed by atoms with Gasteiger partial charge in [0.1, 0.15) is 17.1 Å². The maximum Gasteiger partial charge on any atom is 0.343 e. The fourth-order valence-electron chi connectivity index (χ4n) is 3.08. The molecule has 0 fully saturated rings. The second-order valence-electron chi connectivity index (χ2n) is 6.40. The lowest BCUT2D eigenvalue weighted by Crippen LogP contribution is -2.15. The first-order valence-electron chi connectivity index (χ1n) is 9.20. The lowest BCUT2D eigenvalue weighted by atomic mass is 10.1. The standard InChI is InChI=1S/C22H19N3O4/c1-3-28-22(27)20-14(2)24-25-19(26)13-18(23-21(20)25)15-9-11-17(12-10-15)29-16-7-5-4-6-8-16/h4-13,23H,3H2,1-2H3. The molecule has 0 unspecified atom stereocenters. The van der Waals surface area contributed by atoms with E-state index in [9.17, 15) is 9.59 Å². The van der Waals surface area contributed by atoms with Crippen molar-refractivity contribution in [1.29, 1.82) is 0 Å². The number of fused-ring (bicyclic) bond motifs is 1. The first kappa shape index (κ1) is 18.5. The van der Waals surface area contributed by atoms with Gasteiger partial charge in [-0.3, -0.25) is 4.79 Å². The molecule has 1 N–H and O–H groups in total. The summed E-state index contributed by atoms with van der Waals surface area (Å²) >= 11 is 0. The van der Waals surface area contributed by atoms with E-state index in [1.165, 1.54) is 10.6 Å². The zero-order valence-electron chi connectivity index (χ0n) is 16.0. The maximum absolute atomic E-state index is 12.5. The predicted octanol–water partition coefficient (Wildman–Crippen LogP) is 3.97. The molecule has 146 valence electrons. The third-order valence-corrected chi connectivity index (χ3v) is 4.41. The minimum Gasteiger partial charge on any atom is -0.462 e. The number of aromatic nitrogens is 3. The predicted molar refractivity (Wildman–Crippen MR) is 108 cm³/mol. The minimum atomic E-state index is -0.514. The zero-order valence-corrected chi connectivity index (χ0v) is 16.0. The topological polar surface area (TPSA) is 85.7 Å². The molecule has 0 spiro atoms. The van der Waals surface area contributed by atoms with Crippen LogP contribution in [0.2, 0.25) is 0 Å². The number of nitrogens with one attached hydrogen (secondary N) is 1. The molecule has 29 heavy (non-hydrogen) atoms. The van der Waals surface area contributed by atoms with Gasteiger partial charge in [0.15, 0.2) is 5.65 Å². The number of aromatic amines is 1. The molecule has 2 aromatic carbocycles. The molecule has 0 amide bonds. The summed E-state index contributed by atoms with van der Waals surface area (Å²) < 4.78 is 12.1. The third-order valence-electron chi connectivity index (χ3n) is 4.41. The van der Waals surface area contributed by atoms with E-state index in [1.54, 1.807) is 13.8 Å². The highest BCUT2D eigenvalue weighted by Gasteiger charge is 2.20. The largest absolute Gasteiger partial charge is 0.462 e. The Morgan fingerprint density at radius 3 is 2.45 bits per heavy atom. The highest BCUT2D eigenvalue weighted by atomic mass is 16.5. The summed E-state index contributed by atoms with van der Waals surface area (Å²) in [5.74, 6) is 0.902. The lowest BCUT2D eigenvalue weighted by Gasteiger charge is -2.08. The quantitative estimate of drug-likeness (QED) is 0.522. The fraction of sp³-hybridized carbons (Fsp3) is 0.136. The van der Waals surface area contributed by atoms with Gasteiger partial charge in [-0.15, -0.1) is 0 Å². The number of rotatable bonds is 5. The number of hydrogen-bond acceptors (Lipinski definition) is 5. The monoisotopic (exact) mass is 389 g/mol. The smallest absolute Gasteiger partial charge is 0.343 e. The molecule has 2 heterocycles. The van der Waals surface area contributed by atoms with Gasteiger partial charge in [0.25, 0.3) is 5.56 Å². The van der Waals surface area contributed by atoms with Gasteiger partial charge >= 0.3 is 5.97 Å². The number of esters is 1. The number of carbonyl (C=O) groups excluding carboxylic acids is 1. The molecule has 0 saturated carbocycles. The van der Waals surface area contributed by atoms with Gasteiger partial charge in [-0.25, -0.2) is 4.79 Å². The van der Waals surface area contributed by atoms with Crippen LogP contribution in [0.1, 0.15) is 23.0 Å². The van der Waals surface area contributed by atoms with Crippen LogP contribution in [-0.4, -0.2) is 27.2 Å². The Balaban J connectivity index is 1.71. The van der Waals surface area contributed by atoms with Crippen molar-refractivity contribution in [2.75, 3.05) is 6.61 Å². The van der Waals surface area contributed by atoms with Crippen molar-refractivity contribution in [3.05, 3.63) is 82.3 Å². The van der Waals surface area contributed by atoms with Gasteiger partial charge in [-0.05, 0) is 55.8 Å². The van der Waals surface area contributed by atoms with Gasteiger partial charge in [-0.2, -0.15) is 9.61 Å². The summed E-state index contributed by atoms with van der Waals surface area (Å²) in [5, 5.41) is 4.16. The van der Waals surface area contributed by atoms with Crippen LogP contribution in [0.3, 0.4) is 0 Å². The molecular formula is C22H19N3O4. The van der Waals surface area contributed by atoms with Crippen molar-refractivity contribution in [1.82, 2.24) is 14.6 Å². The third kappa shape index (κ3) is 3.62. The van der Waals surface area contributed by atoms with Crippen LogP contribution in [0.4, 0.5) is 0 Å². The van der Waals surface area contributed by atoms with Crippen LogP contribution < -0.4 is 10.3 Å². The van der Waals surface area contributed by atoms with E-state index in [2.05, 4.69) is 10.1 Å². The van der Waals surface area contributed by atoms with E-state index in [0.29, 0.717) is 22.8 Å².